The summed E-state index contributed by atoms with van der Waals surface area (Å²) in [6.45, 7) is 0. The number of benzene rings is 11. The molecule has 0 unspecified atom stereocenters. The zero-order valence-corrected chi connectivity index (χ0v) is 36.4. The maximum atomic E-state index is 2.50. The third-order valence-electron chi connectivity index (χ3n) is 13.8. The van der Waals surface area contributed by atoms with Crippen LogP contribution in [0.4, 0.5) is 17.1 Å². The second kappa shape index (κ2) is 15.7. The quantitative estimate of drug-likeness (QED) is 0.145. The van der Waals surface area contributed by atoms with Gasteiger partial charge in [0.2, 0.25) is 0 Å². The molecule has 13 rings (SSSR count). The van der Waals surface area contributed by atoms with E-state index in [4.69, 9.17) is 0 Å². The summed E-state index contributed by atoms with van der Waals surface area (Å²) in [5, 5.41) is 10.2. The summed E-state index contributed by atoms with van der Waals surface area (Å²) >= 11 is 0. The molecule has 0 saturated heterocycles. The molecular formula is C64H44N2. The highest BCUT2D eigenvalue weighted by Crippen LogP contribution is 2.45. The lowest BCUT2D eigenvalue weighted by Gasteiger charge is -2.27. The van der Waals surface area contributed by atoms with E-state index < -0.39 is 0 Å². The Balaban J connectivity index is 0.968. The van der Waals surface area contributed by atoms with Crippen molar-refractivity contribution in [1.82, 2.24) is 4.57 Å². The third kappa shape index (κ3) is 6.33. The zero-order chi connectivity index (χ0) is 43.6. The highest BCUT2D eigenvalue weighted by atomic mass is 15.1. The van der Waals surface area contributed by atoms with Gasteiger partial charge in [-0.15, -0.1) is 0 Å². The minimum Gasteiger partial charge on any atom is -0.310 e. The van der Waals surface area contributed by atoms with E-state index in [9.17, 15) is 0 Å². The van der Waals surface area contributed by atoms with Gasteiger partial charge in [0, 0.05) is 33.5 Å². The topological polar surface area (TPSA) is 8.17 Å². The van der Waals surface area contributed by atoms with Crippen LogP contribution >= 0.6 is 0 Å². The van der Waals surface area contributed by atoms with Crippen molar-refractivity contribution in [2.24, 2.45) is 0 Å². The molecule has 0 fully saturated rings. The van der Waals surface area contributed by atoms with Crippen LogP contribution in [-0.2, 0) is 6.42 Å². The number of aromatic nitrogens is 1. The lowest BCUT2D eigenvalue weighted by atomic mass is 9.89. The second-order valence-corrected chi connectivity index (χ2v) is 17.6. The molecule has 12 aromatic rings. The average molecular weight is 841 g/mol. The Morgan fingerprint density at radius 3 is 1.83 bits per heavy atom. The van der Waals surface area contributed by atoms with Gasteiger partial charge in [0.1, 0.15) is 0 Å². The minimum absolute atomic E-state index is 1.01. The standard InChI is InChI=1S/C64H44N2/c1-2-19-51(20-3-1)66-62-27-11-10-25-60(62)63-61(42-49-16-6-9-24-59(49)64(63)66)48-18-12-21-54(41-48)65(53-37-32-46(33-38-53)57-26-13-17-44-14-4-7-22-55(44)57)52-35-30-43(31-36-52)47-34-39-58-50(40-47)29-28-45-15-5-8-23-56(45)58/h1-8,10-23,25-42H,9,24H2. The smallest absolute Gasteiger partial charge is 0.0585 e. The Kier molecular flexibility index (Phi) is 9.02. The van der Waals surface area contributed by atoms with Crippen molar-refractivity contribution in [3.8, 4) is 39.1 Å². The largest absolute Gasteiger partial charge is 0.310 e. The Bertz CT molecular complexity index is 3850. The highest BCUT2D eigenvalue weighted by molar-refractivity contribution is 6.18. The van der Waals surface area contributed by atoms with Gasteiger partial charge in [0.05, 0.1) is 11.0 Å². The van der Waals surface area contributed by atoms with Crippen molar-refractivity contribution in [3.05, 3.63) is 248 Å². The number of aryl methyl sites for hydroxylation is 1. The van der Waals surface area contributed by atoms with Crippen molar-refractivity contribution in [2.45, 2.75) is 12.8 Å². The van der Waals surface area contributed by atoms with Crippen LogP contribution in [0.1, 0.15) is 17.5 Å². The molecule has 0 radical (unpaired) electrons. The number of hydrogen-bond donors (Lipinski definition) is 0. The van der Waals surface area contributed by atoms with Gasteiger partial charge >= 0.3 is 0 Å². The summed E-state index contributed by atoms with van der Waals surface area (Å²) in [5.74, 6) is 0. The van der Waals surface area contributed by atoms with Crippen molar-refractivity contribution in [2.75, 3.05) is 4.90 Å². The summed E-state index contributed by atoms with van der Waals surface area (Å²) in [5.41, 5.74) is 17.0. The van der Waals surface area contributed by atoms with E-state index in [0.717, 1.165) is 29.9 Å². The number of nitrogens with zero attached hydrogens (tertiary/aromatic N) is 2. The van der Waals surface area contributed by atoms with E-state index in [-0.39, 0.29) is 0 Å². The maximum Gasteiger partial charge on any atom is 0.0585 e. The first-order valence-corrected chi connectivity index (χ1v) is 23.1. The number of rotatable bonds is 7. The molecule has 2 heteroatoms. The van der Waals surface area contributed by atoms with E-state index in [0.29, 0.717) is 0 Å². The molecule has 2 nitrogen and oxygen atoms in total. The molecular weight excluding hydrogens is 797 g/mol. The summed E-state index contributed by atoms with van der Waals surface area (Å²) < 4.78 is 2.50. The van der Waals surface area contributed by atoms with E-state index >= 15 is 0 Å². The lowest BCUT2D eigenvalue weighted by Crippen LogP contribution is -2.10. The number of hydrogen-bond acceptors (Lipinski definition) is 1. The molecule has 1 aromatic heterocycles. The molecule has 1 aliphatic rings. The van der Waals surface area contributed by atoms with Crippen LogP contribution in [0.3, 0.4) is 0 Å². The molecule has 0 saturated carbocycles. The number of allylic oxidation sites excluding steroid dienone is 1. The molecule has 0 bridgehead atoms. The lowest BCUT2D eigenvalue weighted by molar-refractivity contribution is 0.985. The van der Waals surface area contributed by atoms with Gasteiger partial charge in [-0.25, -0.2) is 0 Å². The predicted molar refractivity (Wildman–Crippen MR) is 282 cm³/mol. The summed E-state index contributed by atoms with van der Waals surface area (Å²) in [6.07, 6.45) is 6.72. The molecule has 0 aliphatic heterocycles. The van der Waals surface area contributed by atoms with Crippen LogP contribution in [-0.4, -0.2) is 4.57 Å². The van der Waals surface area contributed by atoms with E-state index in [2.05, 4.69) is 252 Å². The zero-order valence-electron chi connectivity index (χ0n) is 36.4. The Hall–Kier alpha value is -8.46. The average Bonchev–Trinajstić information content (AvgIpc) is 3.74. The summed E-state index contributed by atoms with van der Waals surface area (Å²) in [6, 6.07) is 84.9. The monoisotopic (exact) mass is 840 g/mol. The maximum absolute atomic E-state index is 2.50. The summed E-state index contributed by atoms with van der Waals surface area (Å²) in [7, 11) is 0. The normalized spacial score (nSPS) is 12.4. The van der Waals surface area contributed by atoms with Crippen molar-refractivity contribution in [1.29, 1.82) is 0 Å². The van der Waals surface area contributed by atoms with Gasteiger partial charge < -0.3 is 9.47 Å². The Morgan fingerprint density at radius 1 is 0.379 bits per heavy atom. The van der Waals surface area contributed by atoms with Gasteiger partial charge in [0.15, 0.2) is 0 Å². The first-order chi connectivity index (χ1) is 32.7. The fourth-order valence-corrected chi connectivity index (χ4v) is 10.7. The predicted octanol–water partition coefficient (Wildman–Crippen LogP) is 17.7. The molecule has 0 spiro atoms. The molecule has 0 atom stereocenters. The van der Waals surface area contributed by atoms with Gasteiger partial charge in [0.25, 0.3) is 0 Å². The summed E-state index contributed by atoms with van der Waals surface area (Å²) in [4.78, 5) is 2.41. The number of para-hydroxylation sites is 2. The van der Waals surface area contributed by atoms with Crippen molar-refractivity contribution >= 4 is 77.3 Å². The molecule has 11 aromatic carbocycles. The highest BCUT2D eigenvalue weighted by Gasteiger charge is 2.23. The van der Waals surface area contributed by atoms with Gasteiger partial charge in [-0.05, 0) is 156 Å². The van der Waals surface area contributed by atoms with Crippen molar-refractivity contribution in [3.63, 3.8) is 0 Å². The van der Waals surface area contributed by atoms with E-state index in [1.165, 1.54) is 104 Å². The molecule has 0 N–H and O–H groups in total. The Morgan fingerprint density at radius 2 is 1.02 bits per heavy atom. The second-order valence-electron chi connectivity index (χ2n) is 17.6. The first kappa shape index (κ1) is 38.0. The SMILES string of the molecule is C1=Cc2cc(-c3cccc(N(c4ccc(-c5ccc6c(ccc7ccccc76)c5)cc4)c4ccc(-c5cccc6ccccc56)cc4)c3)c3c4ccccc4n(-c4ccccc4)c3c2CC1. The molecule has 66 heavy (non-hydrogen) atoms. The van der Waals surface area contributed by atoms with Crippen molar-refractivity contribution < 1.29 is 0 Å². The third-order valence-corrected chi connectivity index (χ3v) is 13.8. The van der Waals surface area contributed by atoms with Crippen LogP contribution in [0.25, 0.3) is 99.3 Å². The number of fused-ring (bicyclic) bond motifs is 9. The van der Waals surface area contributed by atoms with Crippen LogP contribution in [0, 0.1) is 0 Å². The van der Waals surface area contributed by atoms with E-state index in [1.807, 2.05) is 0 Å². The molecule has 0 amide bonds. The molecule has 1 aliphatic carbocycles. The van der Waals surface area contributed by atoms with Crippen LogP contribution < -0.4 is 4.90 Å². The van der Waals surface area contributed by atoms with Crippen LogP contribution in [0.2, 0.25) is 0 Å². The Labute approximate surface area is 384 Å². The van der Waals surface area contributed by atoms with Gasteiger partial charge in [-0.3, -0.25) is 0 Å². The minimum atomic E-state index is 1.01. The van der Waals surface area contributed by atoms with Crippen LogP contribution in [0.15, 0.2) is 237 Å². The van der Waals surface area contributed by atoms with Gasteiger partial charge in [-0.2, -0.15) is 0 Å². The molecule has 1 heterocycles. The number of anilines is 3. The fraction of sp³-hybridized carbons (Fsp3) is 0.0312. The van der Waals surface area contributed by atoms with Gasteiger partial charge in [-0.1, -0.05) is 176 Å². The first-order valence-electron chi connectivity index (χ1n) is 23.1. The molecule has 310 valence electrons. The van der Waals surface area contributed by atoms with Crippen LogP contribution in [0.5, 0.6) is 0 Å². The van der Waals surface area contributed by atoms with E-state index in [1.54, 1.807) is 0 Å². The fourth-order valence-electron chi connectivity index (χ4n) is 10.7.